The molecule has 0 amide bonds. The van der Waals surface area contributed by atoms with Gasteiger partial charge < -0.3 is 58.5 Å². The van der Waals surface area contributed by atoms with E-state index >= 15 is 0 Å². The zero-order valence-corrected chi connectivity index (χ0v) is 79.4. The van der Waals surface area contributed by atoms with E-state index in [9.17, 15) is 0 Å². The molecule has 4 unspecified atom stereocenters. The Morgan fingerprint density at radius 2 is 0.827 bits per heavy atom. The van der Waals surface area contributed by atoms with Gasteiger partial charge in [0.25, 0.3) is 0 Å². The Morgan fingerprint density at radius 1 is 0.418 bits per heavy atom. The molecule has 654 valence electrons. The molecule has 0 saturated carbocycles. The van der Waals surface area contributed by atoms with Gasteiger partial charge >= 0.3 is 0 Å². The van der Waals surface area contributed by atoms with Crippen LogP contribution < -0.4 is 48.7 Å². The molecule has 0 radical (unpaired) electrons. The van der Waals surface area contributed by atoms with Gasteiger partial charge in [0.1, 0.15) is 0 Å². The summed E-state index contributed by atoms with van der Waals surface area (Å²) in [5.74, 6) is 3.49. The third kappa shape index (κ3) is 38.1. The molecule has 110 heavy (non-hydrogen) atoms. The average Bonchev–Trinajstić information content (AvgIpc) is 1.64. The van der Waals surface area contributed by atoms with Crippen LogP contribution in [0.25, 0.3) is 0 Å². The van der Waals surface area contributed by atoms with Gasteiger partial charge in [-0.2, -0.15) is 0 Å². The number of piperidine rings is 7. The number of nitrogens with zero attached hydrogens (tertiary/aromatic N) is 9. The van der Waals surface area contributed by atoms with E-state index in [0.29, 0.717) is 55.8 Å². The highest BCUT2D eigenvalue weighted by atomic mass is 15.4. The van der Waals surface area contributed by atoms with Crippen molar-refractivity contribution < 1.29 is 0 Å². The van der Waals surface area contributed by atoms with Crippen LogP contribution in [0.5, 0.6) is 0 Å². The fourth-order valence-electron chi connectivity index (χ4n) is 18.6. The van der Waals surface area contributed by atoms with Crippen molar-refractivity contribution >= 4 is 0 Å². The van der Waals surface area contributed by atoms with Crippen molar-refractivity contribution in [3.8, 4) is 0 Å². The summed E-state index contributed by atoms with van der Waals surface area (Å²) in [6.45, 7) is 91.3. The van der Waals surface area contributed by atoms with E-state index in [1.54, 1.807) is 0 Å². The number of piperazine rings is 2. The Kier molecular flexibility index (Phi) is 42.7. The lowest BCUT2D eigenvalue weighted by molar-refractivity contribution is 0.0516. The molecular weight excluding hydrogens is 1360 g/mol. The average molecular weight is 1550 g/mol. The highest BCUT2D eigenvalue weighted by Gasteiger charge is 2.46. The quantitative estimate of drug-likeness (QED) is 0.113. The van der Waals surface area contributed by atoms with E-state index in [2.05, 4.69) is 296 Å². The summed E-state index contributed by atoms with van der Waals surface area (Å²) in [4.78, 5) is 23.1. The van der Waals surface area contributed by atoms with Crippen LogP contribution >= 0.6 is 0 Å². The molecule has 12 saturated heterocycles. The van der Waals surface area contributed by atoms with Crippen LogP contribution in [0.2, 0.25) is 0 Å². The van der Waals surface area contributed by atoms with Gasteiger partial charge in [0.2, 0.25) is 0 Å². The van der Waals surface area contributed by atoms with Gasteiger partial charge in [0.05, 0.1) is 0 Å². The molecule has 12 aliphatic rings. The number of likely N-dealkylation sites (N-methyl/N-ethyl adjacent to an activating group) is 1. The molecule has 12 rings (SSSR count). The van der Waals surface area contributed by atoms with Crippen molar-refractivity contribution in [2.45, 2.75) is 382 Å². The number of fused-ring (bicyclic) bond motifs is 4. The van der Waals surface area contributed by atoms with Crippen molar-refractivity contribution in [2.24, 2.45) is 40.6 Å². The zero-order chi connectivity index (χ0) is 82.9. The van der Waals surface area contributed by atoms with Gasteiger partial charge in [-0.15, -0.1) is 0 Å². The van der Waals surface area contributed by atoms with Gasteiger partial charge in [-0.05, 0) is 445 Å². The van der Waals surface area contributed by atoms with Gasteiger partial charge in [-0.25, -0.2) is 0 Å². The SMILES string of the molecule is CC(C)(C)N1CC2CC1CN2.CC(C)(C)N1CCC(CN)CC1.CC(C)(C)N1CCC(N)CC1.CC(C)(C)N1CCC2(CCNC2)CC1.CC(C)(C)NCC1CCNCC1.CN(CC1CCNCC1)C(C)(C)C.CN1CC2CC1CN2C(C)(C)C.CNC1CCN(C(C)(C)C)CC1.CNCC1CCN(C(C)(C)C)CC1. The molecule has 11 N–H and O–H groups in total. The standard InChI is InChI=1S/C12H24N2.2C11H24N2.C10H20N2.3C10H22N2.C9H18N2.C9H20N2/c1-11(2,3)14-8-5-12(6-9-14)4-7-13-10-12;1-11(2,3)13(4)9-10-5-7-12-8-6-10;1-11(2,3)13-7-5-10(6-8-13)9-12-4;1-10(2,3)12-7-8-5-9(12)6-11(8)4;1-10(2,3)12-7-5-9(11-4)6-8-12;1-10(2,3)12-6-4-9(8-11)5-7-12;1-10(2,3)12-8-9-4-6-11-7-5-9;1-9(2,3)11-6-7-4-8(11)5-10-7;1-9(2,3)11-6-4-8(10)5-7-11/h13H,4-10H2,1-3H3;2*10,12H,5-9H2,1-4H3;8-9H,5-7H2,1-4H3;9,11H,5-8H2,1-4H3;9H,4-8,11H2,1-3H3;9,11-12H,4-8H2,1-3H3;7-8,10H,4-6H2,1-3H3;8H,4-7,10H2,1-3H3. The third-order valence-electron chi connectivity index (χ3n) is 27.2. The second kappa shape index (κ2) is 46.2. The predicted octanol–water partition coefficient (Wildman–Crippen LogP) is 12.8. The van der Waals surface area contributed by atoms with Gasteiger partial charge in [0.15, 0.2) is 0 Å². The van der Waals surface area contributed by atoms with E-state index in [-0.39, 0.29) is 5.54 Å². The maximum absolute atomic E-state index is 5.81. The predicted molar refractivity (Wildman–Crippen MR) is 483 cm³/mol. The Bertz CT molecular complexity index is 2320. The number of hydrogen-bond donors (Lipinski definition) is 9. The minimum absolute atomic E-state index is 0.283. The summed E-state index contributed by atoms with van der Waals surface area (Å²) < 4.78 is 0. The van der Waals surface area contributed by atoms with Crippen LogP contribution in [0.1, 0.15) is 296 Å². The molecule has 4 bridgehead atoms. The number of rotatable bonds is 8. The first-order valence-corrected chi connectivity index (χ1v) is 45.8. The van der Waals surface area contributed by atoms with Crippen molar-refractivity contribution in [3.63, 3.8) is 0 Å². The normalized spacial score (nSPS) is 26.5. The molecule has 12 fully saturated rings. The summed E-state index contributed by atoms with van der Waals surface area (Å²) >= 11 is 0. The minimum Gasteiger partial charge on any atom is -0.330 e. The highest BCUT2D eigenvalue weighted by molar-refractivity contribution is 5.03. The first-order valence-electron chi connectivity index (χ1n) is 45.8. The number of nitrogens with two attached hydrogens (primary N) is 2. The topological polar surface area (TPSA) is 165 Å². The van der Waals surface area contributed by atoms with Crippen LogP contribution in [-0.4, -0.2) is 315 Å². The zero-order valence-electron chi connectivity index (χ0n) is 79.4. The molecular formula is C92H196N18. The molecule has 0 aliphatic carbocycles. The van der Waals surface area contributed by atoms with Gasteiger partial charge in [-0.1, -0.05) is 0 Å². The lowest BCUT2D eigenvalue weighted by atomic mass is 9.77. The molecule has 0 aromatic rings. The summed E-state index contributed by atoms with van der Waals surface area (Å²) in [7, 11) is 8.61. The molecule has 4 atom stereocenters. The van der Waals surface area contributed by atoms with E-state index < -0.39 is 0 Å². The summed E-state index contributed by atoms with van der Waals surface area (Å²) in [5, 5.41) is 24.0. The first kappa shape index (κ1) is 102. The third-order valence-corrected chi connectivity index (χ3v) is 27.2. The number of likely N-dealkylation sites (tertiary alicyclic amines) is 8. The molecule has 12 heterocycles. The first-order chi connectivity index (χ1) is 50.8. The van der Waals surface area contributed by atoms with Crippen LogP contribution in [0.3, 0.4) is 0 Å². The lowest BCUT2D eigenvalue weighted by Gasteiger charge is -2.45. The van der Waals surface area contributed by atoms with E-state index in [4.69, 9.17) is 11.5 Å². The van der Waals surface area contributed by atoms with E-state index in [1.165, 1.54) is 247 Å². The maximum Gasteiger partial charge on any atom is 0.0244 e. The molecule has 18 heteroatoms. The van der Waals surface area contributed by atoms with Gasteiger partial charge in [-0.3, -0.25) is 34.3 Å². The maximum atomic E-state index is 5.81. The summed E-state index contributed by atoms with van der Waals surface area (Å²) in [6.07, 6.45) is 22.6. The van der Waals surface area contributed by atoms with Crippen molar-refractivity contribution in [2.75, 3.05) is 185 Å². The minimum atomic E-state index is 0.283. The lowest BCUT2D eigenvalue weighted by Crippen LogP contribution is -2.52. The van der Waals surface area contributed by atoms with Crippen LogP contribution in [-0.2, 0) is 0 Å². The summed E-state index contributed by atoms with van der Waals surface area (Å²) in [5.41, 5.74) is 15.3. The number of hydrogen-bond acceptors (Lipinski definition) is 18. The Labute approximate surface area is 685 Å². The second-order valence-corrected chi connectivity index (χ2v) is 45.5. The fraction of sp³-hybridized carbons (Fsp3) is 1.00. The second-order valence-electron chi connectivity index (χ2n) is 45.5. The molecule has 0 aromatic carbocycles. The van der Waals surface area contributed by atoms with Crippen LogP contribution in [0, 0.1) is 29.1 Å². The number of nitrogens with one attached hydrogen (secondary N) is 7. The molecule has 18 nitrogen and oxygen atoms in total. The van der Waals surface area contributed by atoms with Crippen LogP contribution in [0.4, 0.5) is 0 Å². The Balaban J connectivity index is 0.000000261. The smallest absolute Gasteiger partial charge is 0.0244 e. The van der Waals surface area contributed by atoms with E-state index in [1.807, 2.05) is 0 Å². The molecule has 12 aliphatic heterocycles. The fourth-order valence-corrected chi connectivity index (χ4v) is 18.6. The van der Waals surface area contributed by atoms with Crippen molar-refractivity contribution in [3.05, 3.63) is 0 Å². The Morgan fingerprint density at radius 3 is 1.15 bits per heavy atom. The Hall–Kier alpha value is -0.720. The highest BCUT2D eigenvalue weighted by Crippen LogP contribution is 2.39. The molecule has 1 spiro atoms. The summed E-state index contributed by atoms with van der Waals surface area (Å²) in [6, 6.07) is 4.49. The monoisotopic (exact) mass is 1550 g/mol. The van der Waals surface area contributed by atoms with Crippen molar-refractivity contribution in [1.82, 2.24) is 81.3 Å². The largest absolute Gasteiger partial charge is 0.330 e. The van der Waals surface area contributed by atoms with Crippen LogP contribution in [0.15, 0.2) is 0 Å². The van der Waals surface area contributed by atoms with Crippen molar-refractivity contribution in [1.29, 1.82) is 0 Å². The van der Waals surface area contributed by atoms with E-state index in [0.717, 1.165) is 73.3 Å². The molecule has 0 aromatic heterocycles. The van der Waals surface area contributed by atoms with Gasteiger partial charge in [0, 0.05) is 152 Å².